The van der Waals surface area contributed by atoms with E-state index in [1.165, 1.54) is 30.0 Å². The van der Waals surface area contributed by atoms with Crippen molar-refractivity contribution in [1.82, 2.24) is 10.2 Å². The Bertz CT molecular complexity index is 786. The normalized spacial score (nSPS) is 24.7. The summed E-state index contributed by atoms with van der Waals surface area (Å²) in [6.45, 7) is 0.447. The van der Waals surface area contributed by atoms with Crippen molar-refractivity contribution in [1.29, 1.82) is 0 Å². The molecule has 0 radical (unpaired) electrons. The van der Waals surface area contributed by atoms with Gasteiger partial charge in [-0.15, -0.1) is 11.8 Å². The lowest BCUT2D eigenvalue weighted by molar-refractivity contribution is -0.135. The van der Waals surface area contributed by atoms with Crippen LogP contribution in [0.2, 0.25) is 0 Å². The minimum Gasteiger partial charge on any atom is -0.343 e. The molecule has 10 heteroatoms. The quantitative estimate of drug-likeness (QED) is 0.812. The van der Waals surface area contributed by atoms with Gasteiger partial charge in [-0.1, -0.05) is 12.1 Å². The van der Waals surface area contributed by atoms with E-state index in [-0.39, 0.29) is 17.2 Å². The lowest BCUT2D eigenvalue weighted by Crippen LogP contribution is -2.48. The maximum atomic E-state index is 12.7. The summed E-state index contributed by atoms with van der Waals surface area (Å²) in [4.78, 5) is 38.1. The fourth-order valence-corrected chi connectivity index (χ4v) is 4.73. The smallest absolute Gasteiger partial charge is 0.343 e. The third-order valence-corrected chi connectivity index (χ3v) is 6.13. The molecule has 1 aromatic rings. The molecule has 3 amide bonds. The molecule has 27 heavy (non-hydrogen) atoms. The van der Waals surface area contributed by atoms with Crippen molar-refractivity contribution in [2.45, 2.75) is 36.9 Å². The van der Waals surface area contributed by atoms with E-state index in [4.69, 9.17) is 0 Å². The van der Waals surface area contributed by atoms with Crippen LogP contribution in [0.3, 0.4) is 0 Å². The van der Waals surface area contributed by atoms with Crippen molar-refractivity contribution in [3.05, 3.63) is 29.8 Å². The number of nitrogens with one attached hydrogen (secondary N) is 2. The number of thioether (sulfide) groups is 1. The molecular weight excluding hydrogens is 383 g/mol. The third-order valence-electron chi connectivity index (χ3n) is 4.63. The summed E-state index contributed by atoms with van der Waals surface area (Å²) in [7, 11) is 0. The lowest BCUT2D eigenvalue weighted by Gasteiger charge is -2.30. The highest BCUT2D eigenvalue weighted by Crippen LogP contribution is 2.47. The summed E-state index contributed by atoms with van der Waals surface area (Å²) in [5.41, 5.74) is 0.0312. The predicted octanol–water partition coefficient (Wildman–Crippen LogP) is 2.37. The molecule has 2 saturated heterocycles. The van der Waals surface area contributed by atoms with Gasteiger partial charge < -0.3 is 15.5 Å². The molecule has 6 nitrogen and oxygen atoms in total. The van der Waals surface area contributed by atoms with Crippen molar-refractivity contribution >= 4 is 35.2 Å². The Morgan fingerprint density at radius 2 is 2.04 bits per heavy atom. The second kappa shape index (κ2) is 7.06. The number of rotatable bonds is 4. The van der Waals surface area contributed by atoms with Crippen LogP contribution in [-0.2, 0) is 9.59 Å². The number of anilines is 1. The number of fused-ring (bicyclic) bond motifs is 1. The first-order valence-electron chi connectivity index (χ1n) is 8.32. The van der Waals surface area contributed by atoms with Gasteiger partial charge in [0.25, 0.3) is 5.91 Å². The molecule has 2 N–H and O–H groups in total. The molecule has 0 aromatic heterocycles. The standard InChI is InChI=1S/C17H18F3N3O3S/c1-16-7-6-13(24)23(16)12(8-27-16)15(26)22-11-5-3-2-4-10(11)14(25)21-9-17(18,19)20/h2-5,12H,6-9H2,1H3,(H,21,25)(H,22,26). The third kappa shape index (κ3) is 4.05. The zero-order valence-corrected chi connectivity index (χ0v) is 15.2. The Labute approximate surface area is 157 Å². The Morgan fingerprint density at radius 3 is 2.74 bits per heavy atom. The highest BCUT2D eigenvalue weighted by atomic mass is 32.2. The number of carbonyl (C=O) groups is 3. The number of amides is 3. The zero-order valence-electron chi connectivity index (χ0n) is 14.4. The van der Waals surface area contributed by atoms with Crippen LogP contribution in [0.4, 0.5) is 18.9 Å². The van der Waals surface area contributed by atoms with Gasteiger partial charge in [-0.05, 0) is 25.5 Å². The van der Waals surface area contributed by atoms with E-state index in [0.717, 1.165) is 0 Å². The highest BCUT2D eigenvalue weighted by molar-refractivity contribution is 8.01. The van der Waals surface area contributed by atoms with E-state index in [1.807, 2.05) is 6.92 Å². The van der Waals surface area contributed by atoms with E-state index < -0.39 is 35.4 Å². The number of alkyl halides is 3. The molecule has 0 bridgehead atoms. The van der Waals surface area contributed by atoms with Gasteiger partial charge in [0.1, 0.15) is 12.6 Å². The molecule has 1 aromatic carbocycles. The Balaban J connectivity index is 1.74. The van der Waals surface area contributed by atoms with Gasteiger partial charge in [-0.2, -0.15) is 13.2 Å². The van der Waals surface area contributed by atoms with E-state index >= 15 is 0 Å². The molecule has 146 valence electrons. The van der Waals surface area contributed by atoms with Crippen LogP contribution in [0.1, 0.15) is 30.1 Å². The number of hydrogen-bond acceptors (Lipinski definition) is 4. The fourth-order valence-electron chi connectivity index (χ4n) is 3.30. The van der Waals surface area contributed by atoms with Crippen LogP contribution < -0.4 is 10.6 Å². The minimum absolute atomic E-state index is 0.0729. The number of benzene rings is 1. The van der Waals surface area contributed by atoms with Gasteiger partial charge in [0.2, 0.25) is 11.8 Å². The molecule has 2 heterocycles. The van der Waals surface area contributed by atoms with Crippen molar-refractivity contribution in [3.8, 4) is 0 Å². The maximum Gasteiger partial charge on any atom is 0.405 e. The van der Waals surface area contributed by atoms with Gasteiger partial charge in [-0.25, -0.2) is 0 Å². The Morgan fingerprint density at radius 1 is 1.33 bits per heavy atom. The molecule has 2 unspecified atom stereocenters. The molecule has 2 aliphatic rings. The van der Waals surface area contributed by atoms with Crippen LogP contribution in [0.25, 0.3) is 0 Å². The average Bonchev–Trinajstić information content (AvgIpc) is 3.09. The minimum atomic E-state index is -4.53. The largest absolute Gasteiger partial charge is 0.405 e. The first-order valence-corrected chi connectivity index (χ1v) is 9.30. The van der Waals surface area contributed by atoms with Gasteiger partial charge in [-0.3, -0.25) is 14.4 Å². The molecule has 2 aliphatic heterocycles. The van der Waals surface area contributed by atoms with Crippen molar-refractivity contribution < 1.29 is 27.6 Å². The number of hydrogen-bond donors (Lipinski definition) is 2. The lowest BCUT2D eigenvalue weighted by atomic mass is 10.1. The molecule has 0 spiro atoms. The summed E-state index contributed by atoms with van der Waals surface area (Å²) >= 11 is 1.53. The summed E-state index contributed by atoms with van der Waals surface area (Å²) in [5.74, 6) is -1.07. The number of halogens is 3. The molecule has 3 rings (SSSR count). The first-order chi connectivity index (χ1) is 12.6. The topological polar surface area (TPSA) is 78.5 Å². The molecule has 2 atom stereocenters. The summed E-state index contributed by atoms with van der Waals surface area (Å²) in [6.07, 6.45) is -3.49. The van der Waals surface area contributed by atoms with Crippen LogP contribution in [-0.4, -0.2) is 52.0 Å². The van der Waals surface area contributed by atoms with Crippen LogP contribution in [0.5, 0.6) is 0 Å². The number of carbonyl (C=O) groups excluding carboxylic acids is 3. The summed E-state index contributed by atoms with van der Waals surface area (Å²) in [5, 5.41) is 4.38. The Hall–Kier alpha value is -2.23. The van der Waals surface area contributed by atoms with E-state index in [9.17, 15) is 27.6 Å². The van der Waals surface area contributed by atoms with Gasteiger partial charge in [0.05, 0.1) is 16.1 Å². The number of nitrogens with zero attached hydrogens (tertiary/aromatic N) is 1. The molecule has 0 saturated carbocycles. The van der Waals surface area contributed by atoms with Gasteiger partial charge in [0, 0.05) is 12.2 Å². The second-order valence-corrected chi connectivity index (χ2v) is 8.10. The zero-order chi connectivity index (χ0) is 19.8. The van der Waals surface area contributed by atoms with Crippen molar-refractivity contribution in [2.75, 3.05) is 17.6 Å². The van der Waals surface area contributed by atoms with Crippen LogP contribution >= 0.6 is 11.8 Å². The van der Waals surface area contributed by atoms with Gasteiger partial charge >= 0.3 is 6.18 Å². The predicted molar refractivity (Wildman–Crippen MR) is 94.2 cm³/mol. The average molecular weight is 401 g/mol. The summed E-state index contributed by atoms with van der Waals surface area (Å²) in [6, 6.07) is 5.14. The maximum absolute atomic E-state index is 12.7. The first kappa shape index (κ1) is 19.5. The van der Waals surface area contributed by atoms with E-state index in [1.54, 1.807) is 16.3 Å². The van der Waals surface area contributed by atoms with E-state index in [2.05, 4.69) is 5.32 Å². The van der Waals surface area contributed by atoms with Crippen molar-refractivity contribution in [2.24, 2.45) is 0 Å². The molecular formula is C17H18F3N3O3S. The second-order valence-electron chi connectivity index (χ2n) is 6.60. The van der Waals surface area contributed by atoms with E-state index in [0.29, 0.717) is 18.6 Å². The number of para-hydroxylation sites is 1. The van der Waals surface area contributed by atoms with Crippen LogP contribution in [0, 0.1) is 0 Å². The molecule has 0 aliphatic carbocycles. The van der Waals surface area contributed by atoms with Gasteiger partial charge in [0.15, 0.2) is 0 Å². The summed E-state index contributed by atoms with van der Waals surface area (Å²) < 4.78 is 37.0. The fraction of sp³-hybridized carbons (Fsp3) is 0.471. The highest BCUT2D eigenvalue weighted by Gasteiger charge is 2.52. The monoisotopic (exact) mass is 401 g/mol. The Kier molecular flexibility index (Phi) is 5.11. The SMILES string of the molecule is CC12CCC(=O)N1C(C(=O)Nc1ccccc1C(=O)NCC(F)(F)F)CS2. The molecule has 2 fully saturated rings. The van der Waals surface area contributed by atoms with Crippen molar-refractivity contribution in [3.63, 3.8) is 0 Å². The van der Waals surface area contributed by atoms with Crippen LogP contribution in [0.15, 0.2) is 24.3 Å².